The number of nitrogens with one attached hydrogen (secondary N) is 2. The maximum Gasteiger partial charge on any atom is 0.255 e. The first kappa shape index (κ1) is 14.2. The van der Waals surface area contributed by atoms with E-state index in [-0.39, 0.29) is 10.2 Å². The van der Waals surface area contributed by atoms with Crippen molar-refractivity contribution in [3.8, 4) is 0 Å². The maximum absolute atomic E-state index is 13.7. The van der Waals surface area contributed by atoms with Crippen LogP contribution < -0.4 is 10.6 Å². The molecule has 0 saturated carbocycles. The van der Waals surface area contributed by atoms with E-state index in [2.05, 4.69) is 26.6 Å². The average Bonchev–Trinajstić information content (AvgIpc) is 2.89. The summed E-state index contributed by atoms with van der Waals surface area (Å²) in [6.07, 6.45) is 0. The highest BCUT2D eigenvalue weighted by Crippen LogP contribution is 2.27. The smallest absolute Gasteiger partial charge is 0.255 e. The number of hydrogen-bond donors (Lipinski definition) is 2. The van der Waals surface area contributed by atoms with E-state index in [0.29, 0.717) is 12.1 Å². The van der Waals surface area contributed by atoms with Crippen LogP contribution >= 0.6 is 15.9 Å². The molecule has 21 heavy (non-hydrogen) atoms. The summed E-state index contributed by atoms with van der Waals surface area (Å²) in [7, 11) is 0. The fourth-order valence-corrected chi connectivity index (χ4v) is 2.79. The molecule has 0 aromatic heterocycles. The van der Waals surface area contributed by atoms with Crippen molar-refractivity contribution in [1.29, 1.82) is 0 Å². The zero-order chi connectivity index (χ0) is 15.0. The maximum atomic E-state index is 13.7. The Hall–Kier alpha value is -1.79. The second kappa shape index (κ2) is 5.54. The Morgan fingerprint density at radius 1 is 1.14 bits per heavy atom. The molecule has 1 aliphatic rings. The summed E-state index contributed by atoms with van der Waals surface area (Å²) in [5.41, 5.74) is 2.58. The Morgan fingerprint density at radius 3 is 2.67 bits per heavy atom. The van der Waals surface area contributed by atoms with Gasteiger partial charge in [0.15, 0.2) is 5.82 Å². The van der Waals surface area contributed by atoms with Crippen LogP contribution in [0.2, 0.25) is 0 Å². The Labute approximate surface area is 128 Å². The lowest BCUT2D eigenvalue weighted by Crippen LogP contribution is -2.14. The van der Waals surface area contributed by atoms with Crippen molar-refractivity contribution in [2.24, 2.45) is 0 Å². The van der Waals surface area contributed by atoms with Crippen molar-refractivity contribution < 1.29 is 13.6 Å². The molecule has 1 heterocycles. The molecule has 1 amide bonds. The minimum atomic E-state index is -0.821. The highest BCUT2D eigenvalue weighted by molar-refractivity contribution is 9.10. The Kier molecular flexibility index (Phi) is 3.73. The van der Waals surface area contributed by atoms with Gasteiger partial charge in [-0.3, -0.25) is 4.79 Å². The van der Waals surface area contributed by atoms with Gasteiger partial charge in [0, 0.05) is 29.2 Å². The first-order valence-electron chi connectivity index (χ1n) is 6.33. The summed E-state index contributed by atoms with van der Waals surface area (Å²) in [6, 6.07) is 7.18. The van der Waals surface area contributed by atoms with Crippen molar-refractivity contribution in [3.63, 3.8) is 0 Å². The zero-order valence-electron chi connectivity index (χ0n) is 10.8. The first-order valence-corrected chi connectivity index (χ1v) is 7.12. The average molecular weight is 353 g/mol. The highest BCUT2D eigenvalue weighted by Gasteiger charge is 2.16. The van der Waals surface area contributed by atoms with Crippen molar-refractivity contribution in [2.75, 3.05) is 5.32 Å². The SMILES string of the molecule is O=C(Nc1c(F)cc(F)cc1Br)c1ccc2c(c1)CNC2. The van der Waals surface area contributed by atoms with E-state index in [1.54, 1.807) is 12.1 Å². The van der Waals surface area contributed by atoms with Crippen LogP contribution in [0.25, 0.3) is 0 Å². The fraction of sp³-hybridized carbons (Fsp3) is 0.133. The molecule has 0 unspecified atom stereocenters. The summed E-state index contributed by atoms with van der Waals surface area (Å²) >= 11 is 3.04. The third-order valence-electron chi connectivity index (χ3n) is 3.34. The molecule has 6 heteroatoms. The number of anilines is 1. The molecule has 2 N–H and O–H groups in total. The summed E-state index contributed by atoms with van der Waals surface area (Å²) in [5, 5.41) is 5.65. The van der Waals surface area contributed by atoms with Gasteiger partial charge in [-0.15, -0.1) is 0 Å². The van der Waals surface area contributed by atoms with Crippen LogP contribution in [0.1, 0.15) is 21.5 Å². The number of hydrogen-bond acceptors (Lipinski definition) is 2. The lowest BCUT2D eigenvalue weighted by Gasteiger charge is -2.10. The monoisotopic (exact) mass is 352 g/mol. The van der Waals surface area contributed by atoms with Gasteiger partial charge in [-0.05, 0) is 45.3 Å². The number of amides is 1. The Morgan fingerprint density at radius 2 is 1.90 bits per heavy atom. The molecule has 0 bridgehead atoms. The van der Waals surface area contributed by atoms with Gasteiger partial charge in [-0.1, -0.05) is 6.07 Å². The topological polar surface area (TPSA) is 41.1 Å². The van der Waals surface area contributed by atoms with Gasteiger partial charge < -0.3 is 10.6 Å². The van der Waals surface area contributed by atoms with Crippen molar-refractivity contribution >= 4 is 27.5 Å². The number of fused-ring (bicyclic) bond motifs is 1. The second-order valence-corrected chi connectivity index (χ2v) is 5.64. The van der Waals surface area contributed by atoms with E-state index in [1.165, 1.54) is 0 Å². The van der Waals surface area contributed by atoms with Gasteiger partial charge in [0.1, 0.15) is 5.82 Å². The molecule has 2 aromatic rings. The third kappa shape index (κ3) is 2.82. The second-order valence-electron chi connectivity index (χ2n) is 4.79. The van der Waals surface area contributed by atoms with E-state index >= 15 is 0 Å². The van der Waals surface area contributed by atoms with Crippen molar-refractivity contribution in [3.05, 3.63) is 63.1 Å². The molecule has 1 aliphatic heterocycles. The molecular weight excluding hydrogens is 342 g/mol. The van der Waals surface area contributed by atoms with Gasteiger partial charge >= 0.3 is 0 Å². The van der Waals surface area contributed by atoms with Crippen LogP contribution in [0.4, 0.5) is 14.5 Å². The van der Waals surface area contributed by atoms with Crippen molar-refractivity contribution in [1.82, 2.24) is 5.32 Å². The summed E-state index contributed by atoms with van der Waals surface area (Å²) in [6.45, 7) is 1.50. The van der Waals surface area contributed by atoms with Gasteiger partial charge in [0.05, 0.1) is 5.69 Å². The largest absolute Gasteiger partial charge is 0.319 e. The predicted molar refractivity (Wildman–Crippen MR) is 79.0 cm³/mol. The zero-order valence-corrected chi connectivity index (χ0v) is 12.4. The highest BCUT2D eigenvalue weighted by atomic mass is 79.9. The van der Waals surface area contributed by atoms with Crippen molar-refractivity contribution in [2.45, 2.75) is 13.1 Å². The van der Waals surface area contributed by atoms with Gasteiger partial charge in [0.2, 0.25) is 0 Å². The Balaban J connectivity index is 1.87. The molecule has 0 radical (unpaired) electrons. The molecule has 3 rings (SSSR count). The molecule has 108 valence electrons. The summed E-state index contributed by atoms with van der Waals surface area (Å²) < 4.78 is 26.9. The number of halogens is 3. The molecule has 0 aliphatic carbocycles. The molecule has 2 aromatic carbocycles. The van der Waals surface area contributed by atoms with E-state index in [0.717, 1.165) is 29.8 Å². The Bertz CT molecular complexity index is 711. The van der Waals surface area contributed by atoms with Crippen LogP contribution in [0.5, 0.6) is 0 Å². The lowest BCUT2D eigenvalue weighted by molar-refractivity contribution is 0.102. The third-order valence-corrected chi connectivity index (χ3v) is 3.97. The molecule has 0 atom stereocenters. The first-order chi connectivity index (χ1) is 10.0. The van der Waals surface area contributed by atoms with Gasteiger partial charge in [0.25, 0.3) is 5.91 Å². The van der Waals surface area contributed by atoms with E-state index in [4.69, 9.17) is 0 Å². The number of carbonyl (C=O) groups excluding carboxylic acids is 1. The van der Waals surface area contributed by atoms with E-state index in [1.807, 2.05) is 6.07 Å². The lowest BCUT2D eigenvalue weighted by atomic mass is 10.1. The molecule has 0 fully saturated rings. The number of benzene rings is 2. The van der Waals surface area contributed by atoms with Gasteiger partial charge in [-0.2, -0.15) is 0 Å². The quantitative estimate of drug-likeness (QED) is 0.867. The molecule has 0 saturated heterocycles. The molecule has 3 nitrogen and oxygen atoms in total. The van der Waals surface area contributed by atoms with E-state index in [9.17, 15) is 13.6 Å². The number of carbonyl (C=O) groups is 1. The molecule has 0 spiro atoms. The number of rotatable bonds is 2. The standard InChI is InChI=1S/C15H11BrF2N2O/c16-12-4-11(17)5-13(18)14(12)20-15(21)8-1-2-9-6-19-7-10(9)3-8/h1-5,19H,6-7H2,(H,20,21). The normalized spacial score (nSPS) is 13.1. The minimum Gasteiger partial charge on any atom is -0.319 e. The van der Waals surface area contributed by atoms with Crippen LogP contribution in [-0.4, -0.2) is 5.91 Å². The fourth-order valence-electron chi connectivity index (χ4n) is 2.28. The predicted octanol–water partition coefficient (Wildman–Crippen LogP) is 3.58. The van der Waals surface area contributed by atoms with Crippen LogP contribution in [-0.2, 0) is 13.1 Å². The minimum absolute atomic E-state index is 0.0694. The van der Waals surface area contributed by atoms with E-state index < -0.39 is 17.5 Å². The van der Waals surface area contributed by atoms with Crippen LogP contribution in [0.15, 0.2) is 34.8 Å². The summed E-state index contributed by atoms with van der Waals surface area (Å²) in [4.78, 5) is 12.2. The van der Waals surface area contributed by atoms with Crippen LogP contribution in [0.3, 0.4) is 0 Å². The summed E-state index contributed by atoms with van der Waals surface area (Å²) in [5.74, 6) is -1.96. The molecular formula is C15H11BrF2N2O. The van der Waals surface area contributed by atoms with Gasteiger partial charge in [-0.25, -0.2) is 8.78 Å². The van der Waals surface area contributed by atoms with Crippen LogP contribution in [0, 0.1) is 11.6 Å².